The molecule has 0 saturated carbocycles. The minimum atomic E-state index is -4.58. The van der Waals surface area contributed by atoms with Crippen molar-refractivity contribution < 1.29 is 27.5 Å². The Morgan fingerprint density at radius 3 is 2.29 bits per heavy atom. The van der Waals surface area contributed by atoms with Gasteiger partial charge in [0.25, 0.3) is 5.91 Å². The summed E-state index contributed by atoms with van der Waals surface area (Å²) in [5.74, 6) is -0.370. The molecule has 0 radical (unpaired) electrons. The number of hydrogen-bond donors (Lipinski definition) is 0. The Morgan fingerprint density at radius 2 is 1.71 bits per heavy atom. The number of ether oxygens (including phenoxy) is 1. The van der Waals surface area contributed by atoms with Crippen molar-refractivity contribution in [3.63, 3.8) is 0 Å². The van der Waals surface area contributed by atoms with Crippen molar-refractivity contribution in [3.8, 4) is 0 Å². The van der Waals surface area contributed by atoms with Crippen LogP contribution in [0.5, 0.6) is 0 Å². The van der Waals surface area contributed by atoms with Gasteiger partial charge in [-0.2, -0.15) is 13.2 Å². The summed E-state index contributed by atoms with van der Waals surface area (Å²) in [4.78, 5) is 32.3. The molecule has 1 amide bonds. The van der Waals surface area contributed by atoms with E-state index in [1.54, 1.807) is 19.1 Å². The predicted molar refractivity (Wildman–Crippen MR) is 107 cm³/mol. The van der Waals surface area contributed by atoms with E-state index in [0.29, 0.717) is 24.5 Å². The van der Waals surface area contributed by atoms with E-state index in [1.165, 1.54) is 29.3 Å². The molecule has 4 rings (SSSR count). The first kappa shape index (κ1) is 20.9. The van der Waals surface area contributed by atoms with E-state index in [4.69, 9.17) is 4.74 Å². The molecule has 0 N–H and O–H groups in total. The van der Waals surface area contributed by atoms with Gasteiger partial charge in [-0.05, 0) is 42.3 Å². The van der Waals surface area contributed by atoms with E-state index in [-0.39, 0.29) is 25.3 Å². The molecule has 0 bridgehead atoms. The first-order chi connectivity index (χ1) is 14.8. The van der Waals surface area contributed by atoms with Crippen LogP contribution in [0, 0.1) is 0 Å². The summed E-state index contributed by atoms with van der Waals surface area (Å²) in [7, 11) is 0. The number of rotatable bonds is 4. The number of aromatic nitrogens is 1. The van der Waals surface area contributed by atoms with Crippen molar-refractivity contribution in [2.45, 2.75) is 13.1 Å². The van der Waals surface area contributed by atoms with Crippen molar-refractivity contribution in [2.75, 3.05) is 37.7 Å². The molecule has 0 saturated heterocycles. The average Bonchev–Trinajstić information content (AvgIpc) is 3.32. The first-order valence-electron chi connectivity index (χ1n) is 9.81. The lowest BCUT2D eigenvalue weighted by Crippen LogP contribution is -2.35. The number of alkyl halides is 3. The van der Waals surface area contributed by atoms with Gasteiger partial charge in [-0.1, -0.05) is 12.1 Å². The number of nitrogens with zero attached hydrogens (tertiary/aromatic N) is 3. The fraction of sp³-hybridized carbons (Fsp3) is 0.318. The van der Waals surface area contributed by atoms with Crippen molar-refractivity contribution in [1.29, 1.82) is 0 Å². The third-order valence-corrected chi connectivity index (χ3v) is 5.36. The molecular formula is C22H20F3N3O3. The van der Waals surface area contributed by atoms with Gasteiger partial charge in [0.2, 0.25) is 0 Å². The molecule has 0 spiro atoms. The molecule has 9 heteroatoms. The van der Waals surface area contributed by atoms with Gasteiger partial charge in [0, 0.05) is 32.4 Å². The number of hydrogen-bond acceptors (Lipinski definition) is 5. The van der Waals surface area contributed by atoms with Crippen LogP contribution in [0.25, 0.3) is 0 Å². The normalized spacial score (nSPS) is 16.0. The molecular weight excluding hydrogens is 411 g/mol. The van der Waals surface area contributed by atoms with Gasteiger partial charge in [-0.15, -0.1) is 0 Å². The monoisotopic (exact) mass is 431 g/mol. The van der Waals surface area contributed by atoms with E-state index >= 15 is 0 Å². The average molecular weight is 431 g/mol. The topological polar surface area (TPSA) is 62.7 Å². The molecule has 6 nitrogen and oxygen atoms in total. The summed E-state index contributed by atoms with van der Waals surface area (Å²) in [5, 5.41) is 0. The Balaban J connectivity index is 1.41. The molecule has 0 atom stereocenters. The van der Waals surface area contributed by atoms with Crippen LogP contribution >= 0.6 is 0 Å². The van der Waals surface area contributed by atoms with Crippen LogP contribution < -0.4 is 4.90 Å². The standard InChI is InChI=1S/C22H20F3N3O3/c1-2-31-21(30)14-7-8-19(26-9-14)27-10-15-12-28(13-16(15)11-27)20(29)17-5-3-4-6-18(17)22(23,24)25/h3-9H,2,10-13H2,1H3. The summed E-state index contributed by atoms with van der Waals surface area (Å²) in [6.07, 6.45) is -3.12. The smallest absolute Gasteiger partial charge is 0.417 e. The third kappa shape index (κ3) is 4.12. The number of carbonyl (C=O) groups excluding carboxylic acids is 2. The van der Waals surface area contributed by atoms with Gasteiger partial charge >= 0.3 is 12.1 Å². The van der Waals surface area contributed by atoms with Crippen LogP contribution in [0.2, 0.25) is 0 Å². The van der Waals surface area contributed by atoms with E-state index in [2.05, 4.69) is 4.98 Å². The van der Waals surface area contributed by atoms with Crippen molar-refractivity contribution >= 4 is 17.7 Å². The molecule has 0 unspecified atom stereocenters. The van der Waals surface area contributed by atoms with E-state index in [1.807, 2.05) is 4.90 Å². The summed E-state index contributed by atoms with van der Waals surface area (Å²) < 4.78 is 44.7. The zero-order valence-corrected chi connectivity index (χ0v) is 16.8. The van der Waals surface area contributed by atoms with E-state index in [0.717, 1.165) is 17.2 Å². The van der Waals surface area contributed by atoms with Crippen LogP contribution in [0.1, 0.15) is 33.2 Å². The van der Waals surface area contributed by atoms with Gasteiger partial charge in [0.15, 0.2) is 0 Å². The maximum atomic E-state index is 13.3. The minimum absolute atomic E-state index is 0.284. The Bertz CT molecular complexity index is 1030. The molecule has 3 heterocycles. The minimum Gasteiger partial charge on any atom is -0.462 e. The fourth-order valence-corrected chi connectivity index (χ4v) is 3.88. The largest absolute Gasteiger partial charge is 0.462 e. The van der Waals surface area contributed by atoms with Crippen molar-refractivity contribution in [3.05, 3.63) is 70.4 Å². The molecule has 31 heavy (non-hydrogen) atoms. The fourth-order valence-electron chi connectivity index (χ4n) is 3.88. The molecule has 162 valence electrons. The predicted octanol–water partition coefficient (Wildman–Crippen LogP) is 3.55. The van der Waals surface area contributed by atoms with Crippen LogP contribution in [-0.2, 0) is 10.9 Å². The van der Waals surface area contributed by atoms with Gasteiger partial charge in [-0.3, -0.25) is 4.79 Å². The zero-order chi connectivity index (χ0) is 22.2. The lowest BCUT2D eigenvalue weighted by Gasteiger charge is -2.24. The number of carbonyl (C=O) groups is 2. The maximum Gasteiger partial charge on any atom is 0.417 e. The lowest BCUT2D eigenvalue weighted by atomic mass is 10.1. The number of anilines is 1. The number of amides is 1. The Kier molecular flexibility index (Phi) is 5.43. The van der Waals surface area contributed by atoms with Gasteiger partial charge in [0.1, 0.15) is 5.82 Å². The summed E-state index contributed by atoms with van der Waals surface area (Å²) in [6.45, 7) is 3.66. The molecule has 0 aliphatic carbocycles. The second-order valence-electron chi connectivity index (χ2n) is 7.39. The second-order valence-corrected chi connectivity index (χ2v) is 7.39. The number of halogens is 3. The SMILES string of the molecule is CCOC(=O)c1ccc(N2CC3=C(CN(C(=O)c4ccccc4C(F)(F)F)C3)C2)nc1. The van der Waals surface area contributed by atoms with E-state index in [9.17, 15) is 22.8 Å². The highest BCUT2D eigenvalue weighted by atomic mass is 19.4. The zero-order valence-electron chi connectivity index (χ0n) is 16.8. The van der Waals surface area contributed by atoms with Gasteiger partial charge in [0.05, 0.1) is 23.3 Å². The summed E-state index contributed by atoms with van der Waals surface area (Å²) in [5.41, 5.74) is 1.14. The Morgan fingerprint density at radius 1 is 1.03 bits per heavy atom. The quantitative estimate of drug-likeness (QED) is 0.547. The lowest BCUT2D eigenvalue weighted by molar-refractivity contribution is -0.138. The Hall–Kier alpha value is -3.36. The number of pyridine rings is 1. The van der Waals surface area contributed by atoms with E-state index < -0.39 is 23.6 Å². The van der Waals surface area contributed by atoms with Gasteiger partial charge in [-0.25, -0.2) is 9.78 Å². The molecule has 1 aromatic heterocycles. The molecule has 2 aliphatic heterocycles. The molecule has 2 aromatic rings. The number of benzene rings is 1. The highest BCUT2D eigenvalue weighted by Gasteiger charge is 2.38. The van der Waals surface area contributed by atoms with Crippen molar-refractivity contribution in [2.24, 2.45) is 0 Å². The van der Waals surface area contributed by atoms with Crippen molar-refractivity contribution in [1.82, 2.24) is 9.88 Å². The Labute approximate surface area is 176 Å². The first-order valence-corrected chi connectivity index (χ1v) is 9.81. The van der Waals surface area contributed by atoms with Crippen LogP contribution in [0.4, 0.5) is 19.0 Å². The van der Waals surface area contributed by atoms with Crippen LogP contribution in [0.15, 0.2) is 53.7 Å². The summed E-state index contributed by atoms with van der Waals surface area (Å²) >= 11 is 0. The maximum absolute atomic E-state index is 13.3. The third-order valence-electron chi connectivity index (χ3n) is 5.36. The molecule has 2 aliphatic rings. The highest BCUT2D eigenvalue weighted by Crippen LogP contribution is 2.34. The summed E-state index contributed by atoms with van der Waals surface area (Å²) in [6, 6.07) is 8.24. The number of esters is 1. The highest BCUT2D eigenvalue weighted by molar-refractivity contribution is 5.96. The second kappa shape index (κ2) is 8.05. The van der Waals surface area contributed by atoms with Gasteiger partial charge < -0.3 is 14.5 Å². The molecule has 0 fully saturated rings. The molecule has 1 aromatic carbocycles. The van der Waals surface area contributed by atoms with Crippen LogP contribution in [0.3, 0.4) is 0 Å². The van der Waals surface area contributed by atoms with Crippen LogP contribution in [-0.4, -0.2) is 54.5 Å².